The Labute approximate surface area is 187 Å². The zero-order chi connectivity index (χ0) is 22.7. The number of hydrogen-bond acceptors (Lipinski definition) is 6. The number of fused-ring (bicyclic) bond motifs is 1. The molecule has 0 aliphatic carbocycles. The van der Waals surface area contributed by atoms with Gasteiger partial charge in [0.25, 0.3) is 0 Å². The van der Waals surface area contributed by atoms with Gasteiger partial charge in [-0.25, -0.2) is 0 Å². The fraction of sp³-hybridized carbons (Fsp3) is 0.840. The van der Waals surface area contributed by atoms with Gasteiger partial charge in [0.05, 0.1) is 36.6 Å². The lowest BCUT2D eigenvalue weighted by Crippen LogP contribution is -2.60. The van der Waals surface area contributed by atoms with Crippen LogP contribution in [0.2, 0.25) is 0 Å². The molecule has 10 atom stereocenters. The molecule has 0 aromatic heterocycles. The number of esters is 1. The Balaban J connectivity index is 1.76. The first-order valence-electron chi connectivity index (χ1n) is 12.0. The van der Waals surface area contributed by atoms with Crippen molar-refractivity contribution in [2.24, 2.45) is 17.8 Å². The Morgan fingerprint density at radius 1 is 1.16 bits per heavy atom. The highest BCUT2D eigenvalue weighted by Crippen LogP contribution is 2.42. The molecule has 0 bridgehead atoms. The van der Waals surface area contributed by atoms with Crippen LogP contribution >= 0.6 is 0 Å². The number of carbonyl (C=O) groups is 2. The Kier molecular flexibility index (Phi) is 8.33. The van der Waals surface area contributed by atoms with E-state index >= 15 is 0 Å². The second-order valence-electron chi connectivity index (χ2n) is 9.84. The van der Waals surface area contributed by atoms with Crippen LogP contribution < -0.4 is 0 Å². The molecule has 3 saturated heterocycles. The van der Waals surface area contributed by atoms with Gasteiger partial charge >= 0.3 is 5.97 Å². The van der Waals surface area contributed by atoms with Crippen molar-refractivity contribution in [2.45, 2.75) is 116 Å². The summed E-state index contributed by atoms with van der Waals surface area (Å²) in [5, 5.41) is 0. The number of rotatable bonds is 7. The third kappa shape index (κ3) is 5.58. The van der Waals surface area contributed by atoms with Crippen molar-refractivity contribution in [1.29, 1.82) is 0 Å². The van der Waals surface area contributed by atoms with Gasteiger partial charge in [-0.3, -0.25) is 4.79 Å². The van der Waals surface area contributed by atoms with Crippen molar-refractivity contribution in [3.63, 3.8) is 0 Å². The lowest BCUT2D eigenvalue weighted by Gasteiger charge is -2.51. The molecule has 6 nitrogen and oxygen atoms in total. The maximum absolute atomic E-state index is 11.9. The lowest BCUT2D eigenvalue weighted by molar-refractivity contribution is -0.263. The minimum atomic E-state index is -0.383. The monoisotopic (exact) mass is 436 g/mol. The van der Waals surface area contributed by atoms with Gasteiger partial charge in [-0.15, -0.1) is 0 Å². The molecule has 0 aromatic rings. The first kappa shape index (κ1) is 24.4. The van der Waals surface area contributed by atoms with E-state index < -0.39 is 0 Å². The third-order valence-electron chi connectivity index (χ3n) is 7.47. The summed E-state index contributed by atoms with van der Waals surface area (Å²) in [6, 6.07) is 0. The molecule has 0 amide bonds. The van der Waals surface area contributed by atoms with E-state index in [9.17, 15) is 9.59 Å². The smallest absolute Gasteiger partial charge is 0.303 e. The van der Waals surface area contributed by atoms with Crippen LogP contribution in [0.3, 0.4) is 0 Å². The van der Waals surface area contributed by atoms with Crippen LogP contribution in [0, 0.1) is 17.8 Å². The molecule has 6 heteroatoms. The summed E-state index contributed by atoms with van der Waals surface area (Å²) in [6.45, 7) is 14.4. The van der Waals surface area contributed by atoms with Crippen LogP contribution in [0.5, 0.6) is 0 Å². The predicted octanol–water partition coefficient (Wildman–Crippen LogP) is 4.24. The maximum atomic E-state index is 11.9. The Morgan fingerprint density at radius 3 is 2.55 bits per heavy atom. The highest BCUT2D eigenvalue weighted by atomic mass is 16.6. The Hall–Kier alpha value is -1.24. The highest BCUT2D eigenvalue weighted by molar-refractivity contribution is 5.66. The molecule has 3 rings (SSSR count). The molecule has 10 unspecified atom stereocenters. The van der Waals surface area contributed by atoms with Gasteiger partial charge in [-0.1, -0.05) is 34.3 Å². The number of carbonyl (C=O) groups excluding carboxylic acids is 2. The molecule has 31 heavy (non-hydrogen) atoms. The normalized spacial score (nSPS) is 43.2. The molecule has 176 valence electrons. The predicted molar refractivity (Wildman–Crippen MR) is 118 cm³/mol. The maximum Gasteiger partial charge on any atom is 0.303 e. The van der Waals surface area contributed by atoms with Gasteiger partial charge in [0.2, 0.25) is 0 Å². The second-order valence-corrected chi connectivity index (χ2v) is 9.84. The van der Waals surface area contributed by atoms with Gasteiger partial charge in [-0.2, -0.15) is 0 Å². The van der Waals surface area contributed by atoms with Crippen LogP contribution in [-0.4, -0.2) is 55.0 Å². The van der Waals surface area contributed by atoms with Crippen molar-refractivity contribution in [2.75, 3.05) is 0 Å². The van der Waals surface area contributed by atoms with Gasteiger partial charge in [0, 0.05) is 25.7 Å². The van der Waals surface area contributed by atoms with Gasteiger partial charge < -0.3 is 23.7 Å². The largest absolute Gasteiger partial charge is 0.459 e. The average molecular weight is 437 g/mol. The molecule has 0 N–H and O–H groups in total. The summed E-state index contributed by atoms with van der Waals surface area (Å²) >= 11 is 0. The summed E-state index contributed by atoms with van der Waals surface area (Å²) < 4.78 is 25.1. The van der Waals surface area contributed by atoms with E-state index in [0.29, 0.717) is 24.7 Å². The van der Waals surface area contributed by atoms with E-state index in [-0.39, 0.29) is 54.6 Å². The van der Waals surface area contributed by atoms with Crippen molar-refractivity contribution in [3.05, 3.63) is 12.2 Å². The number of hydrogen-bond donors (Lipinski definition) is 0. The van der Waals surface area contributed by atoms with Gasteiger partial charge in [0.1, 0.15) is 12.4 Å². The lowest BCUT2D eigenvalue weighted by atomic mass is 9.78. The van der Waals surface area contributed by atoms with Crippen LogP contribution in [0.15, 0.2) is 12.2 Å². The molecule has 3 aliphatic heterocycles. The minimum absolute atomic E-state index is 0.00949. The van der Waals surface area contributed by atoms with Crippen molar-refractivity contribution in [3.8, 4) is 0 Å². The highest BCUT2D eigenvalue weighted by Gasteiger charge is 2.50. The summed E-state index contributed by atoms with van der Waals surface area (Å²) in [5.41, 5.74) is 1.06. The summed E-state index contributed by atoms with van der Waals surface area (Å²) in [5.74, 6) is 0.479. The van der Waals surface area contributed by atoms with Crippen LogP contribution in [0.1, 0.15) is 73.1 Å². The average Bonchev–Trinajstić information content (AvgIpc) is 2.72. The first-order valence-corrected chi connectivity index (χ1v) is 12.0. The molecule has 3 heterocycles. The topological polar surface area (TPSA) is 71.1 Å². The van der Waals surface area contributed by atoms with E-state index in [1.807, 2.05) is 0 Å². The number of aldehydes is 1. The van der Waals surface area contributed by atoms with Crippen LogP contribution in [-0.2, 0) is 28.5 Å². The molecule has 0 aromatic carbocycles. The fourth-order valence-electron chi connectivity index (χ4n) is 5.66. The van der Waals surface area contributed by atoms with Crippen molar-refractivity contribution >= 4 is 12.3 Å². The van der Waals surface area contributed by atoms with Crippen LogP contribution in [0.25, 0.3) is 0 Å². The molecule has 0 spiro atoms. The SMILES string of the molecule is C=C1C(C)CC(CCC=O)OC1CC1OC2CC(C)C(CC)OC2C(C)C1OC(C)=O. The first-order chi connectivity index (χ1) is 14.7. The van der Waals surface area contributed by atoms with Gasteiger partial charge in [0.15, 0.2) is 0 Å². The zero-order valence-electron chi connectivity index (χ0n) is 19.8. The third-order valence-corrected chi connectivity index (χ3v) is 7.47. The quantitative estimate of drug-likeness (QED) is 0.338. The summed E-state index contributed by atoms with van der Waals surface area (Å²) in [7, 11) is 0. The Morgan fingerprint density at radius 2 is 1.90 bits per heavy atom. The van der Waals surface area contributed by atoms with Crippen molar-refractivity contribution in [1.82, 2.24) is 0 Å². The zero-order valence-corrected chi connectivity index (χ0v) is 19.8. The molecular formula is C25H40O6. The van der Waals surface area contributed by atoms with E-state index in [4.69, 9.17) is 18.9 Å². The molecule has 3 aliphatic rings. The van der Waals surface area contributed by atoms with E-state index in [1.165, 1.54) is 6.92 Å². The molecule has 0 saturated carbocycles. The van der Waals surface area contributed by atoms with Gasteiger partial charge in [-0.05, 0) is 43.1 Å². The Bertz CT molecular complexity index is 648. The van der Waals surface area contributed by atoms with E-state index in [1.54, 1.807) is 0 Å². The van der Waals surface area contributed by atoms with Crippen LogP contribution in [0.4, 0.5) is 0 Å². The fourth-order valence-corrected chi connectivity index (χ4v) is 5.66. The summed E-state index contributed by atoms with van der Waals surface area (Å²) in [4.78, 5) is 22.7. The second kappa shape index (κ2) is 10.6. The number of ether oxygens (including phenoxy) is 4. The van der Waals surface area contributed by atoms with E-state index in [2.05, 4.69) is 34.3 Å². The molecule has 3 fully saturated rings. The standard InChI is InChI=1S/C25H40O6/c1-7-20-15(3)12-22-25(31-20)17(5)24(28-18(6)27)23(30-22)13-21-16(4)14(2)11-19(29-21)9-8-10-26/h10,14-15,17,19-25H,4,7-9,11-13H2,1-3,5-6H3. The molecular weight excluding hydrogens is 396 g/mol. The van der Waals surface area contributed by atoms with E-state index in [0.717, 1.165) is 37.5 Å². The van der Waals surface area contributed by atoms with Crippen molar-refractivity contribution < 1.29 is 28.5 Å². The molecule has 0 radical (unpaired) electrons. The minimum Gasteiger partial charge on any atom is -0.459 e. The summed E-state index contributed by atoms with van der Waals surface area (Å²) in [6.07, 6.45) is 4.91.